The Labute approximate surface area is 215 Å². The molecule has 1 aliphatic heterocycles. The molecule has 0 radical (unpaired) electrons. The Hall–Kier alpha value is -4.46. The first kappa shape index (κ1) is 23.0. The lowest BCUT2D eigenvalue weighted by Gasteiger charge is -2.37. The lowest BCUT2D eigenvalue weighted by atomic mass is 10.1. The van der Waals surface area contributed by atoms with Gasteiger partial charge < -0.3 is 14.2 Å². The largest absolute Gasteiger partial charge is 0.467 e. The molecule has 4 aromatic heterocycles. The Morgan fingerprint density at radius 1 is 1.00 bits per heavy atom. The van der Waals surface area contributed by atoms with Gasteiger partial charge in [0.15, 0.2) is 5.65 Å². The summed E-state index contributed by atoms with van der Waals surface area (Å²) in [4.78, 5) is 27.3. The van der Waals surface area contributed by atoms with Crippen LogP contribution >= 0.6 is 0 Å². The van der Waals surface area contributed by atoms with Gasteiger partial charge in [0.1, 0.15) is 12.3 Å². The lowest BCUT2D eigenvalue weighted by molar-refractivity contribution is 0.0748. The van der Waals surface area contributed by atoms with Crippen LogP contribution in [0.5, 0.6) is 0 Å². The second kappa shape index (κ2) is 9.54. The fraction of sp³-hybridized carbons (Fsp3) is 0.241. The highest BCUT2D eigenvalue weighted by Gasteiger charge is 2.26. The highest BCUT2D eigenvalue weighted by molar-refractivity contribution is 6.06. The van der Waals surface area contributed by atoms with Crippen LogP contribution in [0.15, 0.2) is 77.8 Å². The van der Waals surface area contributed by atoms with Crippen LogP contribution in [0.4, 0.5) is 5.69 Å². The number of anilines is 1. The summed E-state index contributed by atoms with van der Waals surface area (Å²) in [5.74, 6) is 0.768. The van der Waals surface area contributed by atoms with Crippen LogP contribution in [-0.2, 0) is 6.54 Å². The van der Waals surface area contributed by atoms with Crippen molar-refractivity contribution in [1.82, 2.24) is 24.6 Å². The first-order chi connectivity index (χ1) is 18.1. The normalized spacial score (nSPS) is 13.9. The number of benzene rings is 1. The van der Waals surface area contributed by atoms with E-state index in [0.717, 1.165) is 29.8 Å². The van der Waals surface area contributed by atoms with E-state index in [1.54, 1.807) is 29.5 Å². The molecular weight excluding hydrogens is 464 g/mol. The average Bonchev–Trinajstić information content (AvgIpc) is 3.60. The zero-order valence-corrected chi connectivity index (χ0v) is 21.0. The standard InChI is InChI=1S/C29H28N6O2/c1-20-6-3-9-27(21(20)2)33-11-13-34(14-12-33)29(36)24-16-26(22-7-4-10-30-17-22)32-28-25(24)18-31-35(28)19-23-8-5-15-37-23/h3-10,15-18H,11-14,19H2,1-2H3. The SMILES string of the molecule is Cc1cccc(N2CCN(C(=O)c3cc(-c4cccnc4)nc4c3cnn4Cc3ccco3)CC2)c1C. The third kappa shape index (κ3) is 4.35. The van der Waals surface area contributed by atoms with Crippen LogP contribution in [0, 0.1) is 13.8 Å². The Morgan fingerprint density at radius 3 is 2.62 bits per heavy atom. The summed E-state index contributed by atoms with van der Waals surface area (Å²) >= 11 is 0. The maximum atomic E-state index is 13.9. The van der Waals surface area contributed by atoms with E-state index in [-0.39, 0.29) is 5.91 Å². The van der Waals surface area contributed by atoms with Gasteiger partial charge in [-0.2, -0.15) is 5.10 Å². The van der Waals surface area contributed by atoms with Crippen molar-refractivity contribution >= 4 is 22.6 Å². The molecular formula is C29H28N6O2. The molecule has 1 aliphatic rings. The molecule has 5 heterocycles. The molecule has 0 N–H and O–H groups in total. The molecule has 186 valence electrons. The minimum absolute atomic E-state index is 0.00398. The average molecular weight is 493 g/mol. The van der Waals surface area contributed by atoms with Gasteiger partial charge in [-0.25, -0.2) is 9.67 Å². The molecule has 8 heteroatoms. The van der Waals surface area contributed by atoms with Gasteiger partial charge in [0.25, 0.3) is 5.91 Å². The van der Waals surface area contributed by atoms with Crippen molar-refractivity contribution < 1.29 is 9.21 Å². The quantitative estimate of drug-likeness (QED) is 0.353. The van der Waals surface area contributed by atoms with E-state index in [9.17, 15) is 4.79 Å². The summed E-state index contributed by atoms with van der Waals surface area (Å²) < 4.78 is 7.31. The zero-order valence-electron chi connectivity index (χ0n) is 21.0. The number of piperazine rings is 1. The smallest absolute Gasteiger partial charge is 0.254 e. The fourth-order valence-electron chi connectivity index (χ4n) is 4.95. The fourth-order valence-corrected chi connectivity index (χ4v) is 4.95. The first-order valence-electron chi connectivity index (χ1n) is 12.5. The van der Waals surface area contributed by atoms with Crippen LogP contribution in [0.25, 0.3) is 22.3 Å². The minimum atomic E-state index is -0.00398. The van der Waals surface area contributed by atoms with Crippen molar-refractivity contribution in [2.75, 3.05) is 31.1 Å². The number of carbonyl (C=O) groups excluding carboxylic acids is 1. The summed E-state index contributed by atoms with van der Waals surface area (Å²) in [6.45, 7) is 7.62. The highest BCUT2D eigenvalue weighted by atomic mass is 16.3. The molecule has 0 aliphatic carbocycles. The predicted octanol–water partition coefficient (Wildman–Crippen LogP) is 4.71. The third-order valence-corrected chi connectivity index (χ3v) is 7.17. The Bertz CT molecular complexity index is 1550. The number of pyridine rings is 2. The zero-order chi connectivity index (χ0) is 25.4. The van der Waals surface area contributed by atoms with Gasteiger partial charge >= 0.3 is 0 Å². The van der Waals surface area contributed by atoms with Crippen molar-refractivity contribution in [3.05, 3.63) is 95.8 Å². The van der Waals surface area contributed by atoms with E-state index in [1.165, 1.54) is 16.8 Å². The molecule has 0 saturated carbocycles. The molecule has 1 aromatic carbocycles. The predicted molar refractivity (Wildman–Crippen MR) is 143 cm³/mol. The Kier molecular flexibility index (Phi) is 5.92. The molecule has 37 heavy (non-hydrogen) atoms. The van der Waals surface area contributed by atoms with Crippen LogP contribution in [-0.4, -0.2) is 56.7 Å². The van der Waals surface area contributed by atoms with Crippen LogP contribution in [0.1, 0.15) is 27.2 Å². The molecule has 0 bridgehead atoms. The number of hydrogen-bond donors (Lipinski definition) is 0. The Morgan fingerprint density at radius 2 is 1.86 bits per heavy atom. The van der Waals surface area contributed by atoms with Crippen LogP contribution in [0.2, 0.25) is 0 Å². The number of fused-ring (bicyclic) bond motifs is 1. The van der Waals surface area contributed by atoms with Gasteiger partial charge in [0.05, 0.1) is 29.1 Å². The van der Waals surface area contributed by atoms with Crippen molar-refractivity contribution in [2.45, 2.75) is 20.4 Å². The van der Waals surface area contributed by atoms with E-state index < -0.39 is 0 Å². The van der Waals surface area contributed by atoms with Crippen molar-refractivity contribution in [1.29, 1.82) is 0 Å². The molecule has 8 nitrogen and oxygen atoms in total. The minimum Gasteiger partial charge on any atom is -0.467 e. The van der Waals surface area contributed by atoms with E-state index in [0.29, 0.717) is 36.5 Å². The summed E-state index contributed by atoms with van der Waals surface area (Å²) in [6.07, 6.45) is 6.86. The number of hydrogen-bond acceptors (Lipinski definition) is 6. The molecule has 6 rings (SSSR count). The number of aryl methyl sites for hydroxylation is 1. The second-order valence-corrected chi connectivity index (χ2v) is 9.41. The molecule has 1 fully saturated rings. The molecule has 1 amide bonds. The summed E-state index contributed by atoms with van der Waals surface area (Å²) in [7, 11) is 0. The Balaban J connectivity index is 1.33. The van der Waals surface area contributed by atoms with E-state index in [2.05, 4.69) is 47.0 Å². The number of aromatic nitrogens is 4. The van der Waals surface area contributed by atoms with Gasteiger partial charge in [-0.1, -0.05) is 12.1 Å². The summed E-state index contributed by atoms with van der Waals surface area (Å²) in [5.41, 5.74) is 6.62. The topological polar surface area (TPSA) is 80.3 Å². The van der Waals surface area contributed by atoms with Crippen molar-refractivity contribution in [3.63, 3.8) is 0 Å². The number of rotatable bonds is 5. The van der Waals surface area contributed by atoms with E-state index in [1.807, 2.05) is 35.2 Å². The summed E-state index contributed by atoms with van der Waals surface area (Å²) in [6, 6.07) is 15.9. The molecule has 0 spiro atoms. The van der Waals surface area contributed by atoms with Gasteiger partial charge in [-0.05, 0) is 61.4 Å². The van der Waals surface area contributed by atoms with Gasteiger partial charge in [0, 0.05) is 49.8 Å². The summed E-state index contributed by atoms with van der Waals surface area (Å²) in [5, 5.41) is 5.30. The van der Waals surface area contributed by atoms with E-state index >= 15 is 0 Å². The molecule has 1 saturated heterocycles. The van der Waals surface area contributed by atoms with Gasteiger partial charge in [-0.3, -0.25) is 9.78 Å². The number of amides is 1. The number of carbonyl (C=O) groups is 1. The highest BCUT2D eigenvalue weighted by Crippen LogP contribution is 2.28. The number of furan rings is 1. The second-order valence-electron chi connectivity index (χ2n) is 9.41. The third-order valence-electron chi connectivity index (χ3n) is 7.17. The van der Waals surface area contributed by atoms with Gasteiger partial charge in [-0.15, -0.1) is 0 Å². The lowest BCUT2D eigenvalue weighted by Crippen LogP contribution is -2.49. The van der Waals surface area contributed by atoms with Crippen LogP contribution < -0.4 is 4.90 Å². The molecule has 0 atom stereocenters. The van der Waals surface area contributed by atoms with Gasteiger partial charge in [0.2, 0.25) is 0 Å². The molecule has 5 aromatic rings. The maximum Gasteiger partial charge on any atom is 0.254 e. The number of nitrogens with zero attached hydrogens (tertiary/aromatic N) is 6. The first-order valence-corrected chi connectivity index (χ1v) is 12.5. The monoisotopic (exact) mass is 492 g/mol. The van der Waals surface area contributed by atoms with E-state index in [4.69, 9.17) is 9.40 Å². The van der Waals surface area contributed by atoms with Crippen LogP contribution in [0.3, 0.4) is 0 Å². The van der Waals surface area contributed by atoms with Crippen molar-refractivity contribution in [2.24, 2.45) is 0 Å². The maximum absolute atomic E-state index is 13.9. The molecule has 0 unspecified atom stereocenters. The van der Waals surface area contributed by atoms with Crippen molar-refractivity contribution in [3.8, 4) is 11.3 Å².